The summed E-state index contributed by atoms with van der Waals surface area (Å²) < 4.78 is 0. The third-order valence-electron chi connectivity index (χ3n) is 1.06. The summed E-state index contributed by atoms with van der Waals surface area (Å²) in [4.78, 5) is 0. The van der Waals surface area contributed by atoms with Gasteiger partial charge in [-0.25, -0.2) is 0 Å². The highest BCUT2D eigenvalue weighted by Crippen LogP contribution is 1.95. The highest BCUT2D eigenvalue weighted by Gasteiger charge is 1.74. The standard InChI is InChI=1S/C10H14.C2H6/c1-4-6-7-9-10(3)8-5-2;1-2/h4-5,7-9H,1-2,6H2,3H3;1-2H3/b9-7-,10-8-;. The number of allylic oxidation sites excluding steroid dienone is 6. The lowest BCUT2D eigenvalue weighted by molar-refractivity contribution is 1.38. The fourth-order valence-electron chi connectivity index (χ4n) is 0.592. The van der Waals surface area contributed by atoms with Crippen LogP contribution in [0.15, 0.2) is 49.1 Å². The minimum atomic E-state index is 0.933. The van der Waals surface area contributed by atoms with Gasteiger partial charge < -0.3 is 0 Å². The predicted molar refractivity (Wildman–Crippen MR) is 59.3 cm³/mol. The maximum absolute atomic E-state index is 3.61. The van der Waals surface area contributed by atoms with Crippen molar-refractivity contribution in [2.45, 2.75) is 27.2 Å². The third-order valence-corrected chi connectivity index (χ3v) is 1.06. The molecule has 0 heteroatoms. The van der Waals surface area contributed by atoms with Crippen molar-refractivity contribution in [2.24, 2.45) is 0 Å². The molecule has 0 saturated carbocycles. The Balaban J connectivity index is 0. The van der Waals surface area contributed by atoms with Crippen molar-refractivity contribution >= 4 is 0 Å². The topological polar surface area (TPSA) is 0 Å². The maximum Gasteiger partial charge on any atom is -0.0169 e. The number of hydrogen-bond donors (Lipinski definition) is 0. The molecule has 68 valence electrons. The Morgan fingerprint density at radius 1 is 1.25 bits per heavy atom. The van der Waals surface area contributed by atoms with Gasteiger partial charge in [-0.05, 0) is 13.3 Å². The molecular formula is C12H20. The predicted octanol–water partition coefficient (Wildman–Crippen LogP) is 4.28. The largest absolute Gasteiger partial charge is 0.103 e. The van der Waals surface area contributed by atoms with Gasteiger partial charge in [0.2, 0.25) is 0 Å². The molecule has 0 spiro atoms. The van der Waals surface area contributed by atoms with Gasteiger partial charge in [0, 0.05) is 0 Å². The molecule has 12 heavy (non-hydrogen) atoms. The number of hydrogen-bond acceptors (Lipinski definition) is 0. The van der Waals surface area contributed by atoms with Gasteiger partial charge in [0.05, 0.1) is 0 Å². The molecule has 0 fully saturated rings. The van der Waals surface area contributed by atoms with E-state index in [1.54, 1.807) is 6.08 Å². The van der Waals surface area contributed by atoms with E-state index in [0.29, 0.717) is 0 Å². The van der Waals surface area contributed by atoms with E-state index < -0.39 is 0 Å². The van der Waals surface area contributed by atoms with E-state index in [4.69, 9.17) is 0 Å². The van der Waals surface area contributed by atoms with Crippen molar-refractivity contribution in [3.63, 3.8) is 0 Å². The summed E-state index contributed by atoms with van der Waals surface area (Å²) in [6.45, 7) is 13.3. The lowest BCUT2D eigenvalue weighted by Crippen LogP contribution is -1.64. The van der Waals surface area contributed by atoms with Crippen molar-refractivity contribution in [1.82, 2.24) is 0 Å². The van der Waals surface area contributed by atoms with Crippen LogP contribution >= 0.6 is 0 Å². The summed E-state index contributed by atoms with van der Waals surface area (Å²) >= 11 is 0. The van der Waals surface area contributed by atoms with Gasteiger partial charge in [-0.2, -0.15) is 0 Å². The highest BCUT2D eigenvalue weighted by atomic mass is 13.8. The zero-order chi connectivity index (χ0) is 9.82. The Hall–Kier alpha value is -1.04. The first-order valence-electron chi connectivity index (χ1n) is 4.38. The summed E-state index contributed by atoms with van der Waals surface area (Å²) in [5.41, 5.74) is 1.22. The lowest BCUT2D eigenvalue weighted by atomic mass is 10.2. The fourth-order valence-corrected chi connectivity index (χ4v) is 0.592. The van der Waals surface area contributed by atoms with Crippen LogP contribution in [0.2, 0.25) is 0 Å². The Morgan fingerprint density at radius 2 is 1.83 bits per heavy atom. The van der Waals surface area contributed by atoms with Crippen molar-refractivity contribution in [2.75, 3.05) is 0 Å². The van der Waals surface area contributed by atoms with Crippen molar-refractivity contribution in [3.8, 4) is 0 Å². The van der Waals surface area contributed by atoms with Crippen molar-refractivity contribution in [3.05, 3.63) is 49.1 Å². The Morgan fingerprint density at radius 3 is 2.25 bits per heavy atom. The summed E-state index contributed by atoms with van der Waals surface area (Å²) in [7, 11) is 0. The molecule has 0 nitrogen and oxygen atoms in total. The van der Waals surface area contributed by atoms with E-state index in [2.05, 4.69) is 25.3 Å². The minimum absolute atomic E-state index is 0.933. The Kier molecular flexibility index (Phi) is 14.2. The molecule has 0 amide bonds. The molecule has 0 aromatic rings. The minimum Gasteiger partial charge on any atom is -0.103 e. The quantitative estimate of drug-likeness (QED) is 0.430. The van der Waals surface area contributed by atoms with Crippen LogP contribution < -0.4 is 0 Å². The smallest absolute Gasteiger partial charge is 0.0169 e. The molecule has 0 unspecified atom stereocenters. The van der Waals surface area contributed by atoms with Crippen LogP contribution in [0.4, 0.5) is 0 Å². The molecule has 0 aliphatic heterocycles. The summed E-state index contributed by atoms with van der Waals surface area (Å²) in [5, 5.41) is 0. The lowest BCUT2D eigenvalue weighted by Gasteiger charge is -1.85. The van der Waals surface area contributed by atoms with Crippen LogP contribution in [0.3, 0.4) is 0 Å². The first kappa shape index (κ1) is 13.5. The molecule has 0 saturated heterocycles. The molecule has 0 bridgehead atoms. The molecule has 0 aliphatic carbocycles. The molecule has 0 N–H and O–H groups in total. The third kappa shape index (κ3) is 11.7. The van der Waals surface area contributed by atoms with E-state index in [1.165, 1.54) is 5.57 Å². The van der Waals surface area contributed by atoms with E-state index in [-0.39, 0.29) is 0 Å². The Labute approximate surface area is 77.0 Å². The van der Waals surface area contributed by atoms with Gasteiger partial charge in [0.25, 0.3) is 0 Å². The van der Waals surface area contributed by atoms with Crippen LogP contribution in [-0.4, -0.2) is 0 Å². The van der Waals surface area contributed by atoms with E-state index in [1.807, 2.05) is 32.9 Å². The maximum atomic E-state index is 3.61. The molecule has 0 rings (SSSR count). The summed E-state index contributed by atoms with van der Waals surface area (Å²) in [6.07, 6.45) is 10.7. The summed E-state index contributed by atoms with van der Waals surface area (Å²) in [6, 6.07) is 0. The molecule has 0 aliphatic rings. The van der Waals surface area contributed by atoms with Crippen LogP contribution in [-0.2, 0) is 0 Å². The van der Waals surface area contributed by atoms with Gasteiger partial charge in [-0.1, -0.05) is 56.4 Å². The van der Waals surface area contributed by atoms with Crippen molar-refractivity contribution in [1.29, 1.82) is 0 Å². The average molecular weight is 164 g/mol. The van der Waals surface area contributed by atoms with Crippen LogP contribution in [0.5, 0.6) is 0 Å². The molecule has 0 heterocycles. The molecule has 0 aromatic heterocycles. The second kappa shape index (κ2) is 12.6. The van der Waals surface area contributed by atoms with E-state index in [9.17, 15) is 0 Å². The van der Waals surface area contributed by atoms with E-state index >= 15 is 0 Å². The zero-order valence-corrected chi connectivity index (χ0v) is 8.51. The van der Waals surface area contributed by atoms with Gasteiger partial charge in [-0.3, -0.25) is 0 Å². The highest BCUT2D eigenvalue weighted by molar-refractivity contribution is 5.20. The van der Waals surface area contributed by atoms with Crippen LogP contribution in [0, 0.1) is 0 Å². The molecule has 0 aromatic carbocycles. The van der Waals surface area contributed by atoms with Gasteiger partial charge in [-0.15, -0.1) is 6.58 Å². The molecule has 0 radical (unpaired) electrons. The first-order valence-corrected chi connectivity index (χ1v) is 4.38. The van der Waals surface area contributed by atoms with Gasteiger partial charge >= 0.3 is 0 Å². The van der Waals surface area contributed by atoms with Crippen LogP contribution in [0.1, 0.15) is 27.2 Å². The SMILES string of the molecule is C=C/C=C(C)\C=C/CC=C.CC. The normalized spacial score (nSPS) is 10.4. The van der Waals surface area contributed by atoms with Crippen LogP contribution in [0.25, 0.3) is 0 Å². The monoisotopic (exact) mass is 164 g/mol. The second-order valence-electron chi connectivity index (χ2n) is 2.07. The summed E-state index contributed by atoms with van der Waals surface area (Å²) in [5.74, 6) is 0. The van der Waals surface area contributed by atoms with E-state index in [0.717, 1.165) is 6.42 Å². The second-order valence-corrected chi connectivity index (χ2v) is 2.07. The zero-order valence-electron chi connectivity index (χ0n) is 8.51. The van der Waals surface area contributed by atoms with Gasteiger partial charge in [0.15, 0.2) is 0 Å². The fraction of sp³-hybridized carbons (Fsp3) is 0.333. The number of rotatable bonds is 4. The van der Waals surface area contributed by atoms with Crippen molar-refractivity contribution < 1.29 is 0 Å². The first-order chi connectivity index (χ1) is 5.81. The molecular weight excluding hydrogens is 144 g/mol. The Bertz CT molecular complexity index is 159. The molecule has 0 atom stereocenters. The van der Waals surface area contributed by atoms with Gasteiger partial charge in [0.1, 0.15) is 0 Å². The average Bonchev–Trinajstić information content (AvgIpc) is 2.09.